The van der Waals surface area contributed by atoms with Gasteiger partial charge in [-0.15, -0.1) is 0 Å². The predicted octanol–water partition coefficient (Wildman–Crippen LogP) is 4.84. The molecular formula is C16H24BrN3. The minimum atomic E-state index is 0.497. The highest BCUT2D eigenvalue weighted by atomic mass is 79.9. The lowest BCUT2D eigenvalue weighted by Gasteiger charge is -2.33. The first kappa shape index (κ1) is 14.3. The Bertz CT molecular complexity index is 499. The molecular weight excluding hydrogens is 314 g/mol. The summed E-state index contributed by atoms with van der Waals surface area (Å²) in [6.45, 7) is 4.75. The van der Waals surface area contributed by atoms with Gasteiger partial charge < -0.3 is 5.32 Å². The van der Waals surface area contributed by atoms with Crippen LogP contribution in [-0.4, -0.2) is 17.0 Å². The summed E-state index contributed by atoms with van der Waals surface area (Å²) in [5.41, 5.74) is 1.72. The van der Waals surface area contributed by atoms with Crippen LogP contribution < -0.4 is 5.32 Å². The highest BCUT2D eigenvalue weighted by molar-refractivity contribution is 9.10. The van der Waals surface area contributed by atoms with Crippen molar-refractivity contribution in [1.82, 2.24) is 9.97 Å². The lowest BCUT2D eigenvalue weighted by Crippen LogP contribution is -2.22. The minimum absolute atomic E-state index is 0.497. The van der Waals surface area contributed by atoms with Gasteiger partial charge >= 0.3 is 0 Å². The quantitative estimate of drug-likeness (QED) is 0.857. The maximum Gasteiger partial charge on any atom is 0.144 e. The maximum atomic E-state index is 4.92. The molecule has 110 valence electrons. The molecule has 0 amide bonds. The third-order valence-corrected chi connectivity index (χ3v) is 5.58. The number of nitrogens with one attached hydrogen (secondary N) is 1. The number of hydrogen-bond donors (Lipinski definition) is 1. The Labute approximate surface area is 130 Å². The smallest absolute Gasteiger partial charge is 0.144 e. The summed E-state index contributed by atoms with van der Waals surface area (Å²) in [5.74, 6) is 3.22. The van der Waals surface area contributed by atoms with Crippen LogP contribution >= 0.6 is 15.9 Å². The summed E-state index contributed by atoms with van der Waals surface area (Å²) in [5, 5.41) is 3.22. The molecule has 2 aliphatic carbocycles. The van der Waals surface area contributed by atoms with Gasteiger partial charge in [-0.2, -0.15) is 0 Å². The van der Waals surface area contributed by atoms with Crippen molar-refractivity contribution in [3.8, 4) is 0 Å². The van der Waals surface area contributed by atoms with Gasteiger partial charge in [-0.1, -0.05) is 13.8 Å². The van der Waals surface area contributed by atoms with E-state index in [0.29, 0.717) is 17.3 Å². The molecule has 1 aromatic rings. The van der Waals surface area contributed by atoms with Crippen LogP contribution in [-0.2, 0) is 0 Å². The van der Waals surface area contributed by atoms with Crippen molar-refractivity contribution in [3.63, 3.8) is 0 Å². The molecule has 0 radical (unpaired) electrons. The van der Waals surface area contributed by atoms with Gasteiger partial charge in [0.25, 0.3) is 0 Å². The predicted molar refractivity (Wildman–Crippen MR) is 86.2 cm³/mol. The molecule has 3 rings (SSSR count). The van der Waals surface area contributed by atoms with Gasteiger partial charge in [0, 0.05) is 18.9 Å². The standard InChI is InChI=1S/C16H24BrN3/c1-16(2)8-6-11(7-9-16)14-19-13(10-4-5-10)12(17)15(18-3)20-14/h10-11H,4-9H2,1-3H3,(H,18,19,20). The Hall–Kier alpha value is -0.640. The zero-order valence-electron chi connectivity index (χ0n) is 12.7. The van der Waals surface area contributed by atoms with E-state index in [4.69, 9.17) is 9.97 Å². The third-order valence-electron chi connectivity index (χ3n) is 4.80. The molecule has 0 aliphatic heterocycles. The zero-order valence-corrected chi connectivity index (χ0v) is 14.3. The first-order valence-corrected chi connectivity index (χ1v) is 8.54. The largest absolute Gasteiger partial charge is 0.372 e. The van der Waals surface area contributed by atoms with E-state index < -0.39 is 0 Å². The van der Waals surface area contributed by atoms with Crippen LogP contribution in [0.1, 0.15) is 75.7 Å². The fourth-order valence-electron chi connectivity index (χ4n) is 3.12. The van der Waals surface area contributed by atoms with Crippen molar-refractivity contribution in [2.75, 3.05) is 12.4 Å². The molecule has 3 nitrogen and oxygen atoms in total. The lowest BCUT2D eigenvalue weighted by atomic mass is 9.73. The van der Waals surface area contributed by atoms with Gasteiger partial charge in [-0.05, 0) is 59.9 Å². The van der Waals surface area contributed by atoms with Crippen molar-refractivity contribution in [1.29, 1.82) is 0 Å². The lowest BCUT2D eigenvalue weighted by molar-refractivity contribution is 0.220. The Morgan fingerprint density at radius 3 is 2.25 bits per heavy atom. The van der Waals surface area contributed by atoms with E-state index in [2.05, 4.69) is 35.1 Å². The van der Waals surface area contributed by atoms with E-state index >= 15 is 0 Å². The maximum absolute atomic E-state index is 4.92. The van der Waals surface area contributed by atoms with E-state index in [1.807, 2.05) is 7.05 Å². The molecule has 2 saturated carbocycles. The van der Waals surface area contributed by atoms with E-state index in [-0.39, 0.29) is 0 Å². The van der Waals surface area contributed by atoms with Crippen LogP contribution in [0, 0.1) is 5.41 Å². The highest BCUT2D eigenvalue weighted by Gasteiger charge is 2.33. The van der Waals surface area contributed by atoms with Gasteiger partial charge in [-0.25, -0.2) is 9.97 Å². The molecule has 0 saturated heterocycles. The average Bonchev–Trinajstić information content (AvgIpc) is 3.24. The Morgan fingerprint density at radius 1 is 1.05 bits per heavy atom. The summed E-state index contributed by atoms with van der Waals surface area (Å²) in [4.78, 5) is 9.68. The van der Waals surface area contributed by atoms with E-state index in [0.717, 1.165) is 16.1 Å². The fraction of sp³-hybridized carbons (Fsp3) is 0.750. The molecule has 2 fully saturated rings. The number of aromatic nitrogens is 2. The normalized spacial score (nSPS) is 22.8. The first-order chi connectivity index (χ1) is 9.50. The van der Waals surface area contributed by atoms with Crippen LogP contribution in [0.3, 0.4) is 0 Å². The summed E-state index contributed by atoms with van der Waals surface area (Å²) in [7, 11) is 1.94. The minimum Gasteiger partial charge on any atom is -0.372 e. The van der Waals surface area contributed by atoms with Crippen molar-refractivity contribution in [3.05, 3.63) is 16.0 Å². The second kappa shape index (κ2) is 5.28. The molecule has 0 bridgehead atoms. The van der Waals surface area contributed by atoms with Crippen molar-refractivity contribution in [2.24, 2.45) is 5.41 Å². The number of halogens is 1. The van der Waals surface area contributed by atoms with Crippen LogP contribution in [0.5, 0.6) is 0 Å². The number of rotatable bonds is 3. The molecule has 4 heteroatoms. The van der Waals surface area contributed by atoms with E-state index in [1.165, 1.54) is 44.2 Å². The SMILES string of the molecule is CNc1nc(C2CCC(C)(C)CC2)nc(C2CC2)c1Br. The average molecular weight is 338 g/mol. The van der Waals surface area contributed by atoms with Crippen molar-refractivity contribution < 1.29 is 0 Å². The molecule has 1 aromatic heterocycles. The molecule has 0 unspecified atom stereocenters. The van der Waals surface area contributed by atoms with Gasteiger partial charge in [0.2, 0.25) is 0 Å². The second-order valence-corrected chi connectivity index (χ2v) is 7.89. The Balaban J connectivity index is 1.88. The van der Waals surface area contributed by atoms with Crippen LogP contribution in [0.4, 0.5) is 5.82 Å². The number of hydrogen-bond acceptors (Lipinski definition) is 3. The molecule has 1 heterocycles. The second-order valence-electron chi connectivity index (χ2n) is 7.09. The highest BCUT2D eigenvalue weighted by Crippen LogP contribution is 2.46. The number of nitrogens with zero attached hydrogens (tertiary/aromatic N) is 2. The molecule has 1 N–H and O–H groups in total. The van der Waals surface area contributed by atoms with Gasteiger partial charge in [0.05, 0.1) is 10.2 Å². The summed E-state index contributed by atoms with van der Waals surface area (Å²) in [6, 6.07) is 0. The fourth-order valence-corrected chi connectivity index (χ4v) is 3.81. The van der Waals surface area contributed by atoms with Crippen molar-refractivity contribution in [2.45, 2.75) is 64.2 Å². The first-order valence-electron chi connectivity index (χ1n) is 7.75. The monoisotopic (exact) mass is 337 g/mol. The third kappa shape index (κ3) is 2.85. The topological polar surface area (TPSA) is 37.8 Å². The zero-order chi connectivity index (χ0) is 14.3. The molecule has 20 heavy (non-hydrogen) atoms. The number of anilines is 1. The van der Waals surface area contributed by atoms with Crippen LogP contribution in [0.25, 0.3) is 0 Å². The molecule has 0 atom stereocenters. The Kier molecular flexibility index (Phi) is 3.78. The molecule has 2 aliphatic rings. The van der Waals surface area contributed by atoms with Crippen LogP contribution in [0.2, 0.25) is 0 Å². The van der Waals surface area contributed by atoms with Gasteiger partial charge in [0.1, 0.15) is 11.6 Å². The summed E-state index contributed by atoms with van der Waals surface area (Å²) < 4.78 is 1.07. The van der Waals surface area contributed by atoms with Gasteiger partial charge in [0.15, 0.2) is 0 Å². The van der Waals surface area contributed by atoms with E-state index in [9.17, 15) is 0 Å². The summed E-state index contributed by atoms with van der Waals surface area (Å²) in [6.07, 6.45) is 7.56. The van der Waals surface area contributed by atoms with Crippen LogP contribution in [0.15, 0.2) is 4.47 Å². The van der Waals surface area contributed by atoms with Gasteiger partial charge in [-0.3, -0.25) is 0 Å². The molecule has 0 spiro atoms. The Morgan fingerprint density at radius 2 is 1.70 bits per heavy atom. The summed E-state index contributed by atoms with van der Waals surface area (Å²) >= 11 is 3.67. The van der Waals surface area contributed by atoms with Crippen molar-refractivity contribution >= 4 is 21.7 Å². The molecule has 0 aromatic carbocycles. The van der Waals surface area contributed by atoms with E-state index in [1.54, 1.807) is 0 Å².